The van der Waals surface area contributed by atoms with Crippen molar-refractivity contribution in [1.82, 2.24) is 20.2 Å². The Balaban J connectivity index is 1.76. The number of carbonyl (C=O) groups is 2. The predicted molar refractivity (Wildman–Crippen MR) is 129 cm³/mol. The van der Waals surface area contributed by atoms with Crippen molar-refractivity contribution in [3.8, 4) is 0 Å². The lowest BCUT2D eigenvalue weighted by Gasteiger charge is -2.21. The summed E-state index contributed by atoms with van der Waals surface area (Å²) in [5, 5.41) is 12.9. The molecule has 0 bridgehead atoms. The zero-order valence-corrected chi connectivity index (χ0v) is 20.0. The molecule has 0 aliphatic rings. The lowest BCUT2D eigenvalue weighted by atomic mass is 10.0. The number of hydrogen-bond acceptors (Lipinski definition) is 6. The highest BCUT2D eigenvalue weighted by Crippen LogP contribution is 2.17. The summed E-state index contributed by atoms with van der Waals surface area (Å²) in [4.78, 5) is 25.7. The van der Waals surface area contributed by atoms with Gasteiger partial charge in [-0.15, -0.1) is 5.10 Å². The van der Waals surface area contributed by atoms with Gasteiger partial charge >= 0.3 is 0 Å². The van der Waals surface area contributed by atoms with Gasteiger partial charge in [-0.1, -0.05) is 30.3 Å². The Morgan fingerprint density at radius 2 is 1.62 bits per heavy atom. The van der Waals surface area contributed by atoms with E-state index in [-0.39, 0.29) is 17.0 Å². The highest BCUT2D eigenvalue weighted by Gasteiger charge is 2.24. The molecule has 34 heavy (non-hydrogen) atoms. The van der Waals surface area contributed by atoms with E-state index in [1.54, 1.807) is 26.8 Å². The number of nitrogens with one attached hydrogen (secondary N) is 3. The summed E-state index contributed by atoms with van der Waals surface area (Å²) in [6.45, 7) is 5.25. The third kappa shape index (κ3) is 7.19. The molecule has 3 aromatic rings. The maximum atomic E-state index is 13.1. The van der Waals surface area contributed by atoms with Crippen molar-refractivity contribution in [2.45, 2.75) is 43.7 Å². The molecule has 0 fully saturated rings. The van der Waals surface area contributed by atoms with Crippen LogP contribution in [0.15, 0.2) is 77.8 Å². The Morgan fingerprint density at radius 3 is 2.21 bits per heavy atom. The Kier molecular flexibility index (Phi) is 7.75. The Bertz CT molecular complexity index is 1230. The van der Waals surface area contributed by atoms with Crippen LogP contribution in [0.25, 0.3) is 0 Å². The maximum Gasteiger partial charge on any atom is 0.272 e. The van der Waals surface area contributed by atoms with E-state index in [4.69, 9.17) is 0 Å². The first-order chi connectivity index (χ1) is 16.0. The normalized spacial score (nSPS) is 12.6. The predicted octanol–water partition coefficient (Wildman–Crippen LogP) is 2.53. The molecule has 0 unspecified atom stereocenters. The van der Waals surface area contributed by atoms with Crippen LogP contribution in [0, 0.1) is 0 Å². The van der Waals surface area contributed by atoms with E-state index < -0.39 is 33.4 Å². The van der Waals surface area contributed by atoms with Gasteiger partial charge in [0.25, 0.3) is 5.91 Å². The SMILES string of the molecule is CC(C)(C)NS(=O)(=O)c1ccc(NC(=O)[C@H](Cc2ccccc2)NC(=O)c2cccnn2)cc1. The molecule has 0 saturated heterocycles. The minimum Gasteiger partial charge on any atom is -0.338 e. The maximum absolute atomic E-state index is 13.1. The molecule has 3 N–H and O–H groups in total. The summed E-state index contributed by atoms with van der Waals surface area (Å²) in [5.41, 5.74) is 0.718. The van der Waals surface area contributed by atoms with Crippen molar-refractivity contribution in [1.29, 1.82) is 0 Å². The van der Waals surface area contributed by atoms with E-state index >= 15 is 0 Å². The molecule has 1 heterocycles. The number of amides is 2. The first-order valence-corrected chi connectivity index (χ1v) is 12.1. The number of anilines is 1. The molecular formula is C24H27N5O4S. The van der Waals surface area contributed by atoms with Crippen LogP contribution in [-0.2, 0) is 21.2 Å². The lowest BCUT2D eigenvalue weighted by molar-refractivity contribution is -0.118. The first kappa shape index (κ1) is 25.0. The fourth-order valence-electron chi connectivity index (χ4n) is 3.12. The summed E-state index contributed by atoms with van der Waals surface area (Å²) >= 11 is 0. The molecule has 9 nitrogen and oxygen atoms in total. The molecule has 3 rings (SSSR count). The van der Waals surface area contributed by atoms with Crippen LogP contribution < -0.4 is 15.4 Å². The quantitative estimate of drug-likeness (QED) is 0.453. The van der Waals surface area contributed by atoms with Gasteiger partial charge in [0.1, 0.15) is 6.04 Å². The number of nitrogens with zero attached hydrogens (tertiary/aromatic N) is 2. The van der Waals surface area contributed by atoms with Crippen LogP contribution in [-0.4, -0.2) is 42.0 Å². The van der Waals surface area contributed by atoms with Crippen molar-refractivity contribution >= 4 is 27.5 Å². The highest BCUT2D eigenvalue weighted by molar-refractivity contribution is 7.89. The smallest absolute Gasteiger partial charge is 0.272 e. The number of carbonyl (C=O) groups excluding carboxylic acids is 2. The zero-order chi connectivity index (χ0) is 24.8. The number of benzene rings is 2. The van der Waals surface area contributed by atoms with Gasteiger partial charge in [-0.3, -0.25) is 9.59 Å². The standard InChI is InChI=1S/C24H27N5O4S/c1-24(2,3)29-34(32,33)19-13-11-18(12-14-19)26-23(31)21(16-17-8-5-4-6-9-17)27-22(30)20-10-7-15-25-28-20/h4-15,21,29H,16H2,1-3H3,(H,26,31)(H,27,30)/t21-/m0/s1. The average molecular weight is 482 g/mol. The van der Waals surface area contributed by atoms with Crippen LogP contribution in [0.4, 0.5) is 5.69 Å². The van der Waals surface area contributed by atoms with E-state index in [9.17, 15) is 18.0 Å². The number of rotatable bonds is 8. The molecular weight excluding hydrogens is 454 g/mol. The third-order valence-electron chi connectivity index (χ3n) is 4.58. The van der Waals surface area contributed by atoms with Crippen LogP contribution in [0.2, 0.25) is 0 Å². The number of sulfonamides is 1. The van der Waals surface area contributed by atoms with Gasteiger partial charge in [-0.05, 0) is 62.7 Å². The second-order valence-corrected chi connectivity index (χ2v) is 10.4. The Morgan fingerprint density at radius 1 is 0.941 bits per heavy atom. The van der Waals surface area contributed by atoms with Gasteiger partial charge in [0.05, 0.1) is 4.90 Å². The molecule has 2 aromatic carbocycles. The summed E-state index contributed by atoms with van der Waals surface area (Å²) < 4.78 is 27.6. The molecule has 0 saturated carbocycles. The van der Waals surface area contributed by atoms with Gasteiger partial charge in [-0.25, -0.2) is 13.1 Å². The molecule has 2 amide bonds. The largest absolute Gasteiger partial charge is 0.338 e. The topological polar surface area (TPSA) is 130 Å². The molecule has 0 radical (unpaired) electrons. The van der Waals surface area contributed by atoms with Gasteiger partial charge in [0, 0.05) is 23.8 Å². The molecule has 1 atom stereocenters. The minimum absolute atomic E-state index is 0.0808. The van der Waals surface area contributed by atoms with Gasteiger partial charge in [0.15, 0.2) is 5.69 Å². The monoisotopic (exact) mass is 481 g/mol. The van der Waals surface area contributed by atoms with E-state index in [0.29, 0.717) is 5.69 Å². The third-order valence-corrected chi connectivity index (χ3v) is 6.36. The van der Waals surface area contributed by atoms with E-state index in [1.165, 1.54) is 36.5 Å². The second kappa shape index (κ2) is 10.5. The summed E-state index contributed by atoms with van der Waals surface area (Å²) in [6, 6.07) is 17.3. The molecule has 0 aliphatic heterocycles. The second-order valence-electron chi connectivity index (χ2n) is 8.69. The Hall–Kier alpha value is -3.63. The van der Waals surface area contributed by atoms with Gasteiger partial charge in [0.2, 0.25) is 15.9 Å². The van der Waals surface area contributed by atoms with E-state index in [0.717, 1.165) is 5.56 Å². The molecule has 10 heteroatoms. The summed E-state index contributed by atoms with van der Waals surface area (Å²) in [5.74, 6) is -0.983. The van der Waals surface area contributed by atoms with Gasteiger partial charge < -0.3 is 10.6 Å². The minimum atomic E-state index is -3.70. The summed E-state index contributed by atoms with van der Waals surface area (Å²) in [7, 11) is -3.70. The van der Waals surface area contributed by atoms with Crippen LogP contribution >= 0.6 is 0 Å². The molecule has 1 aromatic heterocycles. The van der Waals surface area contributed by atoms with E-state index in [2.05, 4.69) is 25.6 Å². The van der Waals surface area contributed by atoms with Crippen molar-refractivity contribution in [3.63, 3.8) is 0 Å². The van der Waals surface area contributed by atoms with Crippen molar-refractivity contribution < 1.29 is 18.0 Å². The molecule has 0 aliphatic carbocycles. The van der Waals surface area contributed by atoms with Crippen molar-refractivity contribution in [2.24, 2.45) is 0 Å². The van der Waals surface area contributed by atoms with Crippen LogP contribution in [0.3, 0.4) is 0 Å². The van der Waals surface area contributed by atoms with E-state index in [1.807, 2.05) is 30.3 Å². The number of aromatic nitrogens is 2. The first-order valence-electron chi connectivity index (χ1n) is 10.6. The molecule has 178 valence electrons. The highest BCUT2D eigenvalue weighted by atomic mass is 32.2. The average Bonchev–Trinajstić information content (AvgIpc) is 2.78. The fraction of sp³-hybridized carbons (Fsp3) is 0.250. The number of hydrogen-bond donors (Lipinski definition) is 3. The van der Waals surface area contributed by atoms with Gasteiger partial charge in [-0.2, -0.15) is 5.10 Å². The zero-order valence-electron chi connectivity index (χ0n) is 19.1. The molecule has 0 spiro atoms. The lowest BCUT2D eigenvalue weighted by Crippen LogP contribution is -2.45. The Labute approximate surface area is 199 Å². The fourth-order valence-corrected chi connectivity index (χ4v) is 4.54. The van der Waals surface area contributed by atoms with Crippen molar-refractivity contribution in [3.05, 3.63) is 84.2 Å². The summed E-state index contributed by atoms with van der Waals surface area (Å²) in [6.07, 6.45) is 1.70. The van der Waals surface area contributed by atoms with Crippen LogP contribution in [0.5, 0.6) is 0 Å². The van der Waals surface area contributed by atoms with Crippen molar-refractivity contribution in [2.75, 3.05) is 5.32 Å². The van der Waals surface area contributed by atoms with Crippen LogP contribution in [0.1, 0.15) is 36.8 Å².